The second-order valence-electron chi connectivity index (χ2n) is 4.14. The average Bonchev–Trinajstić information content (AvgIpc) is 2.63. The summed E-state index contributed by atoms with van der Waals surface area (Å²) in [5.74, 6) is 0. The Morgan fingerprint density at radius 2 is 1.84 bits per heavy atom. The third-order valence-electron chi connectivity index (χ3n) is 3.02. The molecule has 100 valence electrons. The minimum Gasteiger partial charge on any atom is -0.341 e. The van der Waals surface area contributed by atoms with Crippen molar-refractivity contribution in [1.29, 1.82) is 0 Å². The Morgan fingerprint density at radius 1 is 1.21 bits per heavy atom. The molecule has 0 unspecified atom stereocenters. The second kappa shape index (κ2) is 5.01. The van der Waals surface area contributed by atoms with Crippen LogP contribution in [0.3, 0.4) is 0 Å². The number of anilines is 1. The smallest absolute Gasteiger partial charge is 0.319 e. The summed E-state index contributed by atoms with van der Waals surface area (Å²) < 4.78 is 3.23. The molecule has 0 atom stereocenters. The number of benzene rings is 1. The average molecular weight is 260 g/mol. The van der Waals surface area contributed by atoms with Crippen LogP contribution in [0.15, 0.2) is 35.1 Å². The maximum absolute atomic E-state index is 12.4. The summed E-state index contributed by atoms with van der Waals surface area (Å²) in [5, 5.41) is 4.98. The van der Waals surface area contributed by atoms with Crippen LogP contribution in [0.4, 0.5) is 10.5 Å². The summed E-state index contributed by atoms with van der Waals surface area (Å²) >= 11 is 0. The van der Waals surface area contributed by atoms with Crippen molar-refractivity contribution >= 4 is 11.7 Å². The number of carbonyl (C=O) groups is 1. The van der Waals surface area contributed by atoms with Crippen LogP contribution >= 0.6 is 0 Å². The van der Waals surface area contributed by atoms with E-state index in [0.29, 0.717) is 5.69 Å². The Morgan fingerprint density at radius 3 is 2.42 bits per heavy atom. The number of hydrogen-bond acceptors (Lipinski definition) is 2. The van der Waals surface area contributed by atoms with E-state index in [0.717, 1.165) is 5.69 Å². The molecule has 0 aliphatic heterocycles. The Balaban J connectivity index is 2.56. The van der Waals surface area contributed by atoms with E-state index in [1.54, 1.807) is 18.7 Å². The van der Waals surface area contributed by atoms with Crippen LogP contribution in [-0.4, -0.2) is 22.4 Å². The molecule has 2 amide bonds. The maximum atomic E-state index is 12.4. The number of hydrogen-bond donors (Lipinski definition) is 2. The number of amides is 2. The van der Waals surface area contributed by atoms with E-state index in [4.69, 9.17) is 0 Å². The van der Waals surface area contributed by atoms with Gasteiger partial charge in [-0.3, -0.25) is 9.48 Å². The van der Waals surface area contributed by atoms with E-state index in [1.165, 1.54) is 11.7 Å². The normalized spacial score (nSPS) is 10.3. The fourth-order valence-corrected chi connectivity index (χ4v) is 1.89. The molecule has 0 spiro atoms. The molecule has 0 bridgehead atoms. The zero-order chi connectivity index (χ0) is 14.0. The van der Waals surface area contributed by atoms with Crippen molar-refractivity contribution in [2.45, 2.75) is 6.92 Å². The molecule has 2 aromatic rings. The fraction of sp³-hybridized carbons (Fsp3) is 0.231. The van der Waals surface area contributed by atoms with Gasteiger partial charge in [-0.2, -0.15) is 0 Å². The lowest BCUT2D eigenvalue weighted by Gasteiger charge is -2.07. The molecule has 1 heterocycles. The SMILES string of the molecule is CNC(=O)Nc1c(C)n(C)n(-c2ccccc2)c1=O. The molecule has 0 saturated carbocycles. The lowest BCUT2D eigenvalue weighted by Crippen LogP contribution is -2.28. The van der Waals surface area contributed by atoms with Crippen molar-refractivity contribution in [3.8, 4) is 5.69 Å². The number of nitrogens with zero attached hydrogens (tertiary/aromatic N) is 2. The topological polar surface area (TPSA) is 68.1 Å². The summed E-state index contributed by atoms with van der Waals surface area (Å²) in [6.07, 6.45) is 0. The van der Waals surface area contributed by atoms with E-state index in [1.807, 2.05) is 30.3 Å². The highest BCUT2D eigenvalue weighted by Gasteiger charge is 2.17. The largest absolute Gasteiger partial charge is 0.341 e. The molecule has 1 aromatic heterocycles. The van der Waals surface area contributed by atoms with Gasteiger partial charge in [0.05, 0.1) is 11.4 Å². The first-order chi connectivity index (χ1) is 9.06. The Kier molecular flexibility index (Phi) is 3.41. The number of para-hydroxylation sites is 1. The molecule has 2 N–H and O–H groups in total. The summed E-state index contributed by atoms with van der Waals surface area (Å²) in [7, 11) is 3.28. The van der Waals surface area contributed by atoms with E-state index in [9.17, 15) is 9.59 Å². The van der Waals surface area contributed by atoms with Crippen LogP contribution in [0.2, 0.25) is 0 Å². The lowest BCUT2D eigenvalue weighted by atomic mass is 10.3. The molecule has 0 aliphatic rings. The van der Waals surface area contributed by atoms with Crippen LogP contribution in [0, 0.1) is 6.92 Å². The van der Waals surface area contributed by atoms with Gasteiger partial charge in [0.15, 0.2) is 0 Å². The van der Waals surface area contributed by atoms with Gasteiger partial charge < -0.3 is 10.6 Å². The third kappa shape index (κ3) is 2.24. The van der Waals surface area contributed by atoms with E-state index < -0.39 is 6.03 Å². The molecule has 6 heteroatoms. The molecule has 19 heavy (non-hydrogen) atoms. The van der Waals surface area contributed by atoms with Gasteiger partial charge in [0, 0.05) is 14.1 Å². The molecule has 0 saturated heterocycles. The Bertz CT molecular complexity index is 655. The maximum Gasteiger partial charge on any atom is 0.319 e. The standard InChI is InChI=1S/C13H16N4O2/c1-9-11(15-13(19)14-2)12(18)17(16(9)3)10-7-5-4-6-8-10/h4-8H,1-3H3,(H2,14,15,19). The number of carbonyl (C=O) groups excluding carboxylic acids is 1. The fourth-order valence-electron chi connectivity index (χ4n) is 1.89. The number of aromatic nitrogens is 2. The van der Waals surface area contributed by atoms with E-state index in [2.05, 4.69) is 10.6 Å². The van der Waals surface area contributed by atoms with Crippen LogP contribution in [-0.2, 0) is 7.05 Å². The van der Waals surface area contributed by atoms with Gasteiger partial charge >= 0.3 is 6.03 Å². The van der Waals surface area contributed by atoms with Crippen LogP contribution in [0.25, 0.3) is 5.69 Å². The predicted octanol–water partition coefficient (Wildman–Crippen LogP) is 1.24. The zero-order valence-corrected chi connectivity index (χ0v) is 11.1. The summed E-state index contributed by atoms with van der Waals surface area (Å²) in [6, 6.07) is 8.86. The van der Waals surface area contributed by atoms with Crippen molar-refractivity contribution in [3.05, 3.63) is 46.4 Å². The minimum atomic E-state index is -0.411. The summed E-state index contributed by atoms with van der Waals surface area (Å²) in [4.78, 5) is 23.7. The van der Waals surface area contributed by atoms with E-state index in [-0.39, 0.29) is 11.2 Å². The minimum absolute atomic E-state index is 0.255. The molecule has 0 fully saturated rings. The Labute approximate surface area is 110 Å². The second-order valence-corrected chi connectivity index (χ2v) is 4.14. The molecule has 0 radical (unpaired) electrons. The van der Waals surface area contributed by atoms with Crippen molar-refractivity contribution in [1.82, 2.24) is 14.7 Å². The highest BCUT2D eigenvalue weighted by atomic mass is 16.2. The van der Waals surface area contributed by atoms with Crippen molar-refractivity contribution in [3.63, 3.8) is 0 Å². The van der Waals surface area contributed by atoms with Gasteiger partial charge in [-0.1, -0.05) is 18.2 Å². The molecule has 6 nitrogen and oxygen atoms in total. The number of nitrogens with one attached hydrogen (secondary N) is 2. The van der Waals surface area contributed by atoms with Gasteiger partial charge in [-0.05, 0) is 19.1 Å². The monoisotopic (exact) mass is 260 g/mol. The van der Waals surface area contributed by atoms with E-state index >= 15 is 0 Å². The Hall–Kier alpha value is -2.50. The van der Waals surface area contributed by atoms with Crippen LogP contribution in [0.5, 0.6) is 0 Å². The molecule has 0 aliphatic carbocycles. The van der Waals surface area contributed by atoms with Crippen LogP contribution < -0.4 is 16.2 Å². The highest BCUT2D eigenvalue weighted by Crippen LogP contribution is 2.13. The first-order valence-corrected chi connectivity index (χ1v) is 5.89. The predicted molar refractivity (Wildman–Crippen MR) is 73.8 cm³/mol. The van der Waals surface area contributed by atoms with Crippen molar-refractivity contribution in [2.24, 2.45) is 7.05 Å². The van der Waals surface area contributed by atoms with Crippen molar-refractivity contribution in [2.75, 3.05) is 12.4 Å². The number of rotatable bonds is 2. The quantitative estimate of drug-likeness (QED) is 0.853. The molecular weight excluding hydrogens is 244 g/mol. The molecular formula is C13H16N4O2. The summed E-state index contributed by atoms with van der Waals surface area (Å²) in [6.45, 7) is 1.78. The van der Waals surface area contributed by atoms with Gasteiger partial charge in [0.25, 0.3) is 5.56 Å². The van der Waals surface area contributed by atoms with Gasteiger partial charge in [-0.15, -0.1) is 0 Å². The third-order valence-corrected chi connectivity index (χ3v) is 3.02. The van der Waals surface area contributed by atoms with Crippen molar-refractivity contribution < 1.29 is 4.79 Å². The van der Waals surface area contributed by atoms with Gasteiger partial charge in [-0.25, -0.2) is 9.48 Å². The van der Waals surface area contributed by atoms with Gasteiger partial charge in [0.1, 0.15) is 5.69 Å². The van der Waals surface area contributed by atoms with Gasteiger partial charge in [0.2, 0.25) is 0 Å². The number of urea groups is 1. The molecule has 2 rings (SSSR count). The first-order valence-electron chi connectivity index (χ1n) is 5.89. The summed E-state index contributed by atoms with van der Waals surface area (Å²) in [5.41, 5.74) is 1.47. The van der Waals surface area contributed by atoms with Crippen LogP contribution in [0.1, 0.15) is 5.69 Å². The first kappa shape index (κ1) is 12.9. The zero-order valence-electron chi connectivity index (χ0n) is 11.1. The molecule has 1 aromatic carbocycles. The lowest BCUT2D eigenvalue weighted by molar-refractivity contribution is 0.254. The highest BCUT2D eigenvalue weighted by molar-refractivity contribution is 5.89.